The number of hydrogen-bond donors (Lipinski definition) is 4. The van der Waals surface area contributed by atoms with E-state index in [1.54, 1.807) is 31.4 Å². The van der Waals surface area contributed by atoms with E-state index >= 15 is 0 Å². The van der Waals surface area contributed by atoms with Crippen LogP contribution in [0.4, 0.5) is 0 Å². The number of ether oxygens (including phenoxy) is 1. The molecular weight excluding hydrogens is 478 g/mol. The van der Waals surface area contributed by atoms with Gasteiger partial charge in [-0.25, -0.2) is 0 Å². The first-order valence-electron chi connectivity index (χ1n) is 11.7. The van der Waals surface area contributed by atoms with Gasteiger partial charge in [0.15, 0.2) is 0 Å². The Morgan fingerprint density at radius 2 is 1.39 bits per heavy atom. The lowest BCUT2D eigenvalue weighted by Gasteiger charge is -2.25. The van der Waals surface area contributed by atoms with E-state index in [4.69, 9.17) is 10.5 Å². The van der Waals surface area contributed by atoms with Crippen LogP contribution in [0, 0.1) is 0 Å². The number of hydrogen-bond acceptors (Lipinski definition) is 5. The highest BCUT2D eigenvalue weighted by atomic mass is 35.5. The molecule has 0 spiro atoms. The summed E-state index contributed by atoms with van der Waals surface area (Å²) >= 11 is 0. The summed E-state index contributed by atoms with van der Waals surface area (Å²) in [6.07, 6.45) is 0.942. The predicted octanol–water partition coefficient (Wildman–Crippen LogP) is 3.32. The largest absolute Gasteiger partial charge is 0.497 e. The Kier molecular flexibility index (Phi) is 11.9. The first-order chi connectivity index (χ1) is 17.1. The highest BCUT2D eigenvalue weighted by Crippen LogP contribution is 2.25. The Balaban J connectivity index is 0.00000456. The van der Waals surface area contributed by atoms with Crippen LogP contribution in [0.1, 0.15) is 41.5 Å². The molecule has 0 aromatic heterocycles. The quantitative estimate of drug-likeness (QED) is 0.298. The average Bonchev–Trinajstić information content (AvgIpc) is 2.91. The van der Waals surface area contributed by atoms with Gasteiger partial charge in [-0.3, -0.25) is 9.59 Å². The van der Waals surface area contributed by atoms with Crippen molar-refractivity contribution < 1.29 is 19.4 Å². The van der Waals surface area contributed by atoms with Crippen molar-refractivity contribution >= 4 is 24.2 Å². The van der Waals surface area contributed by atoms with Gasteiger partial charge in [0.25, 0.3) is 0 Å². The monoisotopic (exact) mass is 511 g/mol. The van der Waals surface area contributed by atoms with Crippen LogP contribution in [0.15, 0.2) is 84.9 Å². The number of halogens is 1. The second-order valence-electron chi connectivity index (χ2n) is 8.26. The minimum absolute atomic E-state index is 0. The highest BCUT2D eigenvalue weighted by Gasteiger charge is 2.28. The van der Waals surface area contributed by atoms with Gasteiger partial charge in [-0.05, 0) is 48.2 Å². The summed E-state index contributed by atoms with van der Waals surface area (Å²) in [4.78, 5) is 26.8. The standard InChI is InChI=1S/C28H33N3O4.ClH/c1-35-23-16-14-20(15-17-23)25(19-32)31-27(33)24(13-8-18-29)30-28(34)26(21-9-4-2-5-10-21)22-11-6-3-7-12-22;/h2-7,9-12,14-17,24-26,32H,8,13,18-19,29H2,1H3,(H,30,34)(H,31,33);1H/t24-,25+;/m1./s1. The fourth-order valence-electron chi connectivity index (χ4n) is 3.97. The number of aliphatic hydroxyl groups is 1. The lowest BCUT2D eigenvalue weighted by atomic mass is 9.90. The SMILES string of the molecule is COc1ccc([C@H](CO)NC(=O)[C@@H](CCCN)NC(=O)C(c2ccccc2)c2ccccc2)cc1.Cl. The molecule has 0 bridgehead atoms. The van der Waals surface area contributed by atoms with Gasteiger partial charge in [0.2, 0.25) is 11.8 Å². The van der Waals surface area contributed by atoms with Gasteiger partial charge < -0.3 is 26.2 Å². The number of amides is 2. The van der Waals surface area contributed by atoms with E-state index in [-0.39, 0.29) is 30.8 Å². The number of nitrogens with one attached hydrogen (secondary N) is 2. The molecule has 0 unspecified atom stereocenters. The Morgan fingerprint density at radius 3 is 1.86 bits per heavy atom. The topological polar surface area (TPSA) is 114 Å². The van der Waals surface area contributed by atoms with Gasteiger partial charge in [-0.15, -0.1) is 12.4 Å². The molecule has 3 aromatic rings. The van der Waals surface area contributed by atoms with E-state index in [1.165, 1.54) is 0 Å². The maximum Gasteiger partial charge on any atom is 0.243 e. The molecule has 0 aliphatic carbocycles. The van der Waals surface area contributed by atoms with Crippen LogP contribution < -0.4 is 21.1 Å². The van der Waals surface area contributed by atoms with Crippen LogP contribution in [0.5, 0.6) is 5.75 Å². The minimum Gasteiger partial charge on any atom is -0.497 e. The summed E-state index contributed by atoms with van der Waals surface area (Å²) in [6.45, 7) is 0.106. The summed E-state index contributed by atoms with van der Waals surface area (Å²) in [5.74, 6) is -0.537. The Labute approximate surface area is 218 Å². The molecule has 3 rings (SSSR count). The lowest BCUT2D eigenvalue weighted by Crippen LogP contribution is -2.49. The van der Waals surface area contributed by atoms with E-state index in [0.717, 1.165) is 16.7 Å². The summed E-state index contributed by atoms with van der Waals surface area (Å²) < 4.78 is 5.18. The molecule has 0 heterocycles. The number of rotatable bonds is 12. The van der Waals surface area contributed by atoms with Gasteiger partial charge >= 0.3 is 0 Å². The van der Waals surface area contributed by atoms with Gasteiger partial charge in [0.05, 0.1) is 25.7 Å². The Bertz CT molecular complexity index is 1030. The van der Waals surface area contributed by atoms with Gasteiger partial charge in [-0.2, -0.15) is 0 Å². The molecular formula is C28H34ClN3O4. The third-order valence-corrected chi connectivity index (χ3v) is 5.88. The zero-order chi connectivity index (χ0) is 25.0. The zero-order valence-electron chi connectivity index (χ0n) is 20.3. The van der Waals surface area contributed by atoms with Crippen molar-refractivity contribution in [3.8, 4) is 5.75 Å². The van der Waals surface area contributed by atoms with E-state index < -0.39 is 18.0 Å². The molecule has 0 saturated carbocycles. The zero-order valence-corrected chi connectivity index (χ0v) is 21.1. The van der Waals surface area contributed by atoms with Crippen molar-refractivity contribution in [2.75, 3.05) is 20.3 Å². The molecule has 0 aliphatic heterocycles. The van der Waals surface area contributed by atoms with Crippen molar-refractivity contribution in [1.82, 2.24) is 10.6 Å². The van der Waals surface area contributed by atoms with Crippen LogP contribution in [0.2, 0.25) is 0 Å². The molecule has 192 valence electrons. The maximum absolute atomic E-state index is 13.5. The van der Waals surface area contributed by atoms with E-state index in [2.05, 4.69) is 10.6 Å². The van der Waals surface area contributed by atoms with Crippen LogP contribution in [-0.4, -0.2) is 43.2 Å². The summed E-state index contributed by atoms with van der Waals surface area (Å²) in [5.41, 5.74) is 8.10. The highest BCUT2D eigenvalue weighted by molar-refractivity contribution is 5.92. The molecule has 0 aliphatic rings. The lowest BCUT2D eigenvalue weighted by molar-refractivity contribution is -0.130. The van der Waals surface area contributed by atoms with Crippen LogP contribution >= 0.6 is 12.4 Å². The number of carbonyl (C=O) groups is 2. The second kappa shape index (κ2) is 14.9. The normalized spacial score (nSPS) is 12.2. The third-order valence-electron chi connectivity index (χ3n) is 5.88. The Hall–Kier alpha value is -3.39. The van der Waals surface area contributed by atoms with Crippen LogP contribution in [0.25, 0.3) is 0 Å². The molecule has 7 nitrogen and oxygen atoms in total. The first kappa shape index (κ1) is 28.8. The minimum atomic E-state index is -0.798. The molecule has 2 atom stereocenters. The molecule has 0 fully saturated rings. The number of methoxy groups -OCH3 is 1. The van der Waals surface area contributed by atoms with Crippen molar-refractivity contribution in [3.05, 3.63) is 102 Å². The molecule has 5 N–H and O–H groups in total. The van der Waals surface area contributed by atoms with Crippen LogP contribution in [0.3, 0.4) is 0 Å². The number of aliphatic hydroxyl groups excluding tert-OH is 1. The van der Waals surface area contributed by atoms with Crippen molar-refractivity contribution in [2.45, 2.75) is 30.8 Å². The van der Waals surface area contributed by atoms with E-state index in [1.807, 2.05) is 60.7 Å². The number of benzene rings is 3. The third kappa shape index (κ3) is 7.81. The van der Waals surface area contributed by atoms with E-state index in [0.29, 0.717) is 25.1 Å². The predicted molar refractivity (Wildman–Crippen MR) is 143 cm³/mol. The average molecular weight is 512 g/mol. The van der Waals surface area contributed by atoms with Crippen molar-refractivity contribution in [3.63, 3.8) is 0 Å². The Morgan fingerprint density at radius 1 is 0.833 bits per heavy atom. The van der Waals surface area contributed by atoms with Crippen LogP contribution in [-0.2, 0) is 9.59 Å². The molecule has 0 radical (unpaired) electrons. The molecule has 0 saturated heterocycles. The second-order valence-corrected chi connectivity index (χ2v) is 8.26. The first-order valence-corrected chi connectivity index (χ1v) is 11.7. The fraction of sp³-hybridized carbons (Fsp3) is 0.286. The maximum atomic E-state index is 13.5. The molecule has 8 heteroatoms. The summed E-state index contributed by atoms with van der Waals surface area (Å²) in [5, 5.41) is 15.7. The summed E-state index contributed by atoms with van der Waals surface area (Å²) in [7, 11) is 1.57. The molecule has 3 aromatic carbocycles. The number of nitrogens with two attached hydrogens (primary N) is 1. The van der Waals surface area contributed by atoms with Gasteiger partial charge in [0, 0.05) is 0 Å². The van der Waals surface area contributed by atoms with Crippen molar-refractivity contribution in [2.24, 2.45) is 5.73 Å². The number of carbonyl (C=O) groups excluding carboxylic acids is 2. The smallest absolute Gasteiger partial charge is 0.243 e. The summed E-state index contributed by atoms with van der Waals surface area (Å²) in [6, 6.07) is 24.6. The molecule has 2 amide bonds. The van der Waals surface area contributed by atoms with Gasteiger partial charge in [0.1, 0.15) is 11.8 Å². The molecule has 36 heavy (non-hydrogen) atoms. The van der Waals surface area contributed by atoms with E-state index in [9.17, 15) is 14.7 Å². The van der Waals surface area contributed by atoms with Crippen molar-refractivity contribution in [1.29, 1.82) is 0 Å². The fourth-order valence-corrected chi connectivity index (χ4v) is 3.97. The van der Waals surface area contributed by atoms with Gasteiger partial charge in [-0.1, -0.05) is 72.8 Å².